The molecule has 0 radical (unpaired) electrons. The van der Waals surface area contributed by atoms with Crippen LogP contribution in [-0.2, 0) is 9.59 Å². The molecule has 0 bridgehead atoms. The lowest BCUT2D eigenvalue weighted by Gasteiger charge is -2.17. The van der Waals surface area contributed by atoms with E-state index in [0.717, 1.165) is 12.8 Å². The number of aliphatic carboxylic acids is 1. The van der Waals surface area contributed by atoms with Gasteiger partial charge < -0.3 is 10.8 Å². The number of carboxylic acids is 1. The molecule has 4 heteroatoms. The third-order valence-electron chi connectivity index (χ3n) is 2.57. The van der Waals surface area contributed by atoms with Crippen molar-refractivity contribution in [2.45, 2.75) is 39.5 Å². The molecule has 82 valence electrons. The van der Waals surface area contributed by atoms with Gasteiger partial charge in [0.15, 0.2) is 0 Å². The summed E-state index contributed by atoms with van der Waals surface area (Å²) in [5, 5.41) is 8.85. The van der Waals surface area contributed by atoms with E-state index >= 15 is 0 Å². The van der Waals surface area contributed by atoms with E-state index in [2.05, 4.69) is 0 Å². The van der Waals surface area contributed by atoms with Gasteiger partial charge >= 0.3 is 5.97 Å². The van der Waals surface area contributed by atoms with Gasteiger partial charge in [0, 0.05) is 6.42 Å². The fraction of sp³-hybridized carbons (Fsp3) is 0.800. The van der Waals surface area contributed by atoms with E-state index in [4.69, 9.17) is 10.8 Å². The maximum Gasteiger partial charge on any atom is 0.307 e. The number of carbonyl (C=O) groups is 2. The number of primary amides is 1. The van der Waals surface area contributed by atoms with Gasteiger partial charge in [0.25, 0.3) is 0 Å². The maximum absolute atomic E-state index is 10.8. The monoisotopic (exact) mass is 201 g/mol. The molecular formula is C10H19NO3. The summed E-state index contributed by atoms with van der Waals surface area (Å²) in [6.07, 6.45) is 2.38. The van der Waals surface area contributed by atoms with Crippen LogP contribution >= 0.6 is 0 Å². The molecule has 0 fully saturated rings. The zero-order chi connectivity index (χ0) is 11.1. The molecule has 0 saturated heterocycles. The summed E-state index contributed by atoms with van der Waals surface area (Å²) in [4.78, 5) is 21.4. The summed E-state index contributed by atoms with van der Waals surface area (Å²) in [5.74, 6) is -1.70. The van der Waals surface area contributed by atoms with E-state index < -0.39 is 17.8 Å². The number of nitrogens with two attached hydrogens (primary N) is 1. The number of rotatable bonds is 7. The van der Waals surface area contributed by atoms with Crippen LogP contribution in [0.25, 0.3) is 0 Å². The first kappa shape index (κ1) is 12.9. The first-order valence-electron chi connectivity index (χ1n) is 5.02. The van der Waals surface area contributed by atoms with Crippen molar-refractivity contribution in [2.24, 2.45) is 17.6 Å². The first-order chi connectivity index (χ1) is 6.51. The minimum Gasteiger partial charge on any atom is -0.481 e. The largest absolute Gasteiger partial charge is 0.481 e. The highest BCUT2D eigenvalue weighted by Gasteiger charge is 2.22. The molecule has 0 rings (SSSR count). The molecule has 4 nitrogen and oxygen atoms in total. The van der Waals surface area contributed by atoms with E-state index in [1.54, 1.807) is 0 Å². The van der Waals surface area contributed by atoms with Gasteiger partial charge in [-0.25, -0.2) is 0 Å². The average Bonchev–Trinajstić information content (AvgIpc) is 2.11. The lowest BCUT2D eigenvalue weighted by atomic mass is 9.88. The molecule has 3 N–H and O–H groups in total. The van der Waals surface area contributed by atoms with E-state index in [1.165, 1.54) is 0 Å². The predicted molar refractivity (Wildman–Crippen MR) is 53.6 cm³/mol. The second kappa shape index (κ2) is 6.40. The van der Waals surface area contributed by atoms with Gasteiger partial charge in [0.1, 0.15) is 0 Å². The van der Waals surface area contributed by atoms with Gasteiger partial charge in [-0.05, 0) is 12.3 Å². The summed E-state index contributed by atoms with van der Waals surface area (Å²) in [7, 11) is 0. The summed E-state index contributed by atoms with van der Waals surface area (Å²) < 4.78 is 0. The number of hydrogen-bond acceptors (Lipinski definition) is 2. The fourth-order valence-electron chi connectivity index (χ4n) is 1.54. The Morgan fingerprint density at radius 2 is 1.79 bits per heavy atom. The minimum absolute atomic E-state index is 0.0498. The molecule has 1 amide bonds. The van der Waals surface area contributed by atoms with Crippen molar-refractivity contribution in [3.05, 3.63) is 0 Å². The van der Waals surface area contributed by atoms with Crippen LogP contribution in [0.1, 0.15) is 39.5 Å². The summed E-state index contributed by atoms with van der Waals surface area (Å²) in [5.41, 5.74) is 4.99. The van der Waals surface area contributed by atoms with Crippen LogP contribution in [0.15, 0.2) is 0 Å². The van der Waals surface area contributed by atoms with Crippen molar-refractivity contribution in [3.63, 3.8) is 0 Å². The Labute approximate surface area is 84.5 Å². The van der Waals surface area contributed by atoms with Crippen molar-refractivity contribution < 1.29 is 14.7 Å². The van der Waals surface area contributed by atoms with Crippen LogP contribution in [0.3, 0.4) is 0 Å². The van der Waals surface area contributed by atoms with Gasteiger partial charge in [0.2, 0.25) is 5.91 Å². The van der Waals surface area contributed by atoms with Crippen molar-refractivity contribution in [2.75, 3.05) is 0 Å². The van der Waals surface area contributed by atoms with Gasteiger partial charge in [-0.3, -0.25) is 9.59 Å². The van der Waals surface area contributed by atoms with Gasteiger partial charge in [-0.2, -0.15) is 0 Å². The smallest absolute Gasteiger partial charge is 0.307 e. The lowest BCUT2D eigenvalue weighted by Crippen LogP contribution is -2.24. The number of carbonyl (C=O) groups excluding carboxylic acids is 1. The Morgan fingerprint density at radius 3 is 2.07 bits per heavy atom. The normalized spacial score (nSPS) is 12.8. The Hall–Kier alpha value is -1.06. The molecule has 0 aliphatic rings. The van der Waals surface area contributed by atoms with Crippen LogP contribution < -0.4 is 5.73 Å². The Bertz CT molecular complexity index is 200. The SMILES string of the molecule is CCC(CC)CC(CC(N)=O)C(=O)O. The molecule has 1 atom stereocenters. The van der Waals surface area contributed by atoms with Crippen molar-refractivity contribution in [1.82, 2.24) is 0 Å². The van der Waals surface area contributed by atoms with Crippen LogP contribution in [0.2, 0.25) is 0 Å². The van der Waals surface area contributed by atoms with Crippen LogP contribution in [0, 0.1) is 11.8 Å². The maximum atomic E-state index is 10.8. The second-order valence-electron chi connectivity index (χ2n) is 3.62. The minimum atomic E-state index is -0.921. The third kappa shape index (κ3) is 4.84. The van der Waals surface area contributed by atoms with Crippen LogP contribution in [0.5, 0.6) is 0 Å². The molecule has 0 saturated carbocycles. The number of amides is 1. The molecule has 0 aliphatic heterocycles. The Kier molecular flexibility index (Phi) is 5.92. The first-order valence-corrected chi connectivity index (χ1v) is 5.02. The summed E-state index contributed by atoms with van der Waals surface area (Å²) >= 11 is 0. The van der Waals surface area contributed by atoms with Gasteiger partial charge in [-0.15, -0.1) is 0 Å². The fourth-order valence-corrected chi connectivity index (χ4v) is 1.54. The highest BCUT2D eigenvalue weighted by molar-refractivity contribution is 5.80. The molecular weight excluding hydrogens is 182 g/mol. The summed E-state index contributed by atoms with van der Waals surface area (Å²) in [6, 6.07) is 0. The second-order valence-corrected chi connectivity index (χ2v) is 3.62. The van der Waals surface area contributed by atoms with Crippen molar-refractivity contribution in [3.8, 4) is 0 Å². The molecule has 0 aliphatic carbocycles. The molecule has 0 aromatic heterocycles. The van der Waals surface area contributed by atoms with E-state index in [9.17, 15) is 9.59 Å². The lowest BCUT2D eigenvalue weighted by molar-refractivity contribution is -0.144. The predicted octanol–water partition coefficient (Wildman–Crippen LogP) is 1.39. The zero-order valence-corrected chi connectivity index (χ0v) is 8.82. The van der Waals surface area contributed by atoms with Crippen LogP contribution in [-0.4, -0.2) is 17.0 Å². The number of hydrogen-bond donors (Lipinski definition) is 2. The van der Waals surface area contributed by atoms with Crippen molar-refractivity contribution >= 4 is 11.9 Å². The van der Waals surface area contributed by atoms with E-state index in [-0.39, 0.29) is 6.42 Å². The van der Waals surface area contributed by atoms with Crippen molar-refractivity contribution in [1.29, 1.82) is 0 Å². The highest BCUT2D eigenvalue weighted by Crippen LogP contribution is 2.21. The summed E-state index contributed by atoms with van der Waals surface area (Å²) in [6.45, 7) is 4.05. The van der Waals surface area contributed by atoms with E-state index in [0.29, 0.717) is 12.3 Å². The third-order valence-corrected chi connectivity index (χ3v) is 2.57. The van der Waals surface area contributed by atoms with Gasteiger partial charge in [-0.1, -0.05) is 26.7 Å². The molecule has 0 heterocycles. The topological polar surface area (TPSA) is 80.4 Å². The Morgan fingerprint density at radius 1 is 1.29 bits per heavy atom. The van der Waals surface area contributed by atoms with Gasteiger partial charge in [0.05, 0.1) is 5.92 Å². The van der Waals surface area contributed by atoms with E-state index in [1.807, 2.05) is 13.8 Å². The molecule has 0 spiro atoms. The highest BCUT2D eigenvalue weighted by atomic mass is 16.4. The quantitative estimate of drug-likeness (QED) is 0.653. The molecule has 0 aromatic rings. The molecule has 1 unspecified atom stereocenters. The zero-order valence-electron chi connectivity index (χ0n) is 8.82. The average molecular weight is 201 g/mol. The molecule has 0 aromatic carbocycles. The Balaban J connectivity index is 4.21. The standard InChI is InChI=1S/C10H19NO3/c1-3-7(4-2)5-8(10(13)14)6-9(11)12/h7-8H,3-6H2,1-2H3,(H2,11,12)(H,13,14). The van der Waals surface area contributed by atoms with Crippen LogP contribution in [0.4, 0.5) is 0 Å². The number of carboxylic acid groups (broad SMARTS) is 1. The molecule has 14 heavy (non-hydrogen) atoms.